The predicted molar refractivity (Wildman–Crippen MR) is 75.2 cm³/mol. The third-order valence-electron chi connectivity index (χ3n) is 3.56. The molecule has 5 nitrogen and oxygen atoms in total. The van der Waals surface area contributed by atoms with Crippen LogP contribution in [0, 0.1) is 5.92 Å². The second-order valence-corrected chi connectivity index (χ2v) is 5.89. The van der Waals surface area contributed by atoms with E-state index in [-0.39, 0.29) is 0 Å². The molecule has 0 radical (unpaired) electrons. The van der Waals surface area contributed by atoms with Crippen LogP contribution >= 0.6 is 11.3 Å². The van der Waals surface area contributed by atoms with Gasteiger partial charge in [-0.2, -0.15) is 0 Å². The monoisotopic (exact) mass is 276 g/mol. The second kappa shape index (κ2) is 5.13. The summed E-state index contributed by atoms with van der Waals surface area (Å²) in [4.78, 5) is 13.2. The molecule has 0 spiro atoms. The molecule has 19 heavy (non-hydrogen) atoms. The number of carbonyl (C=O) groups excluding carboxylic acids is 1. The highest BCUT2D eigenvalue weighted by molar-refractivity contribution is 7.17. The molecule has 0 aliphatic carbocycles. The van der Waals surface area contributed by atoms with Crippen molar-refractivity contribution in [3.63, 3.8) is 0 Å². The summed E-state index contributed by atoms with van der Waals surface area (Å²) in [5, 5.41) is 10.1. The fraction of sp³-hybridized carbons (Fsp3) is 0.462. The molecule has 1 aliphatic rings. The molecule has 0 N–H and O–H groups in total. The van der Waals surface area contributed by atoms with Crippen LogP contribution in [0.15, 0.2) is 18.3 Å². The van der Waals surface area contributed by atoms with E-state index in [0.29, 0.717) is 5.69 Å². The van der Waals surface area contributed by atoms with Crippen molar-refractivity contribution in [3.05, 3.63) is 24.0 Å². The molecule has 0 bridgehead atoms. The molecule has 2 aromatic heterocycles. The number of carbonyl (C=O) groups is 1. The van der Waals surface area contributed by atoms with Crippen LogP contribution < -0.4 is 4.90 Å². The molecule has 6 heteroatoms. The summed E-state index contributed by atoms with van der Waals surface area (Å²) < 4.78 is 1.78. The normalized spacial score (nSPS) is 16.8. The number of anilines is 1. The van der Waals surface area contributed by atoms with E-state index in [0.717, 1.165) is 35.6 Å². The molecular formula is C13H16N4OS. The van der Waals surface area contributed by atoms with E-state index in [1.165, 1.54) is 24.2 Å². The standard InChI is InChI=1S/C13H16N4OS/c1-10-4-7-16(8-5-10)12-14-15-13(19-12)17-6-2-3-11(17)9-18/h2-3,6,9-10H,4-5,7-8H2,1H3. The maximum atomic E-state index is 10.9. The van der Waals surface area contributed by atoms with Gasteiger partial charge in [0.05, 0.1) is 5.69 Å². The lowest BCUT2D eigenvalue weighted by Crippen LogP contribution is -2.32. The molecule has 1 saturated heterocycles. The Balaban J connectivity index is 1.82. The third kappa shape index (κ3) is 2.40. The van der Waals surface area contributed by atoms with Crippen LogP contribution in [0.4, 0.5) is 5.13 Å². The fourth-order valence-corrected chi connectivity index (χ4v) is 3.20. The van der Waals surface area contributed by atoms with Crippen LogP contribution in [0.3, 0.4) is 0 Å². The smallest absolute Gasteiger partial charge is 0.218 e. The number of hydrogen-bond donors (Lipinski definition) is 0. The van der Waals surface area contributed by atoms with Gasteiger partial charge in [0.1, 0.15) is 0 Å². The zero-order chi connectivity index (χ0) is 13.2. The number of aldehydes is 1. The highest BCUT2D eigenvalue weighted by atomic mass is 32.1. The molecular weight excluding hydrogens is 260 g/mol. The van der Waals surface area contributed by atoms with Crippen LogP contribution in [0.5, 0.6) is 0 Å². The van der Waals surface area contributed by atoms with Crippen molar-refractivity contribution in [3.8, 4) is 5.13 Å². The third-order valence-corrected chi connectivity index (χ3v) is 4.55. The van der Waals surface area contributed by atoms with Crippen LogP contribution in [0.2, 0.25) is 0 Å². The number of nitrogens with zero attached hydrogens (tertiary/aromatic N) is 4. The molecule has 2 aromatic rings. The van der Waals surface area contributed by atoms with Gasteiger partial charge in [-0.1, -0.05) is 18.3 Å². The Bertz CT molecular complexity index is 569. The number of rotatable bonds is 3. The number of aromatic nitrogens is 3. The van der Waals surface area contributed by atoms with Crippen molar-refractivity contribution >= 4 is 22.8 Å². The van der Waals surface area contributed by atoms with Crippen LogP contribution in [0.25, 0.3) is 5.13 Å². The van der Waals surface area contributed by atoms with Gasteiger partial charge in [0.25, 0.3) is 0 Å². The van der Waals surface area contributed by atoms with Crippen molar-refractivity contribution in [2.75, 3.05) is 18.0 Å². The molecule has 0 atom stereocenters. The van der Waals surface area contributed by atoms with Gasteiger partial charge in [-0.3, -0.25) is 9.36 Å². The van der Waals surface area contributed by atoms with E-state index in [9.17, 15) is 4.79 Å². The lowest BCUT2D eigenvalue weighted by atomic mass is 10.00. The summed E-state index contributed by atoms with van der Waals surface area (Å²) in [6.07, 6.45) is 5.09. The average molecular weight is 276 g/mol. The van der Waals surface area contributed by atoms with Crippen molar-refractivity contribution in [1.29, 1.82) is 0 Å². The zero-order valence-corrected chi connectivity index (χ0v) is 11.6. The molecule has 0 unspecified atom stereocenters. The van der Waals surface area contributed by atoms with E-state index in [2.05, 4.69) is 22.0 Å². The Labute approximate surface area is 115 Å². The quantitative estimate of drug-likeness (QED) is 0.808. The van der Waals surface area contributed by atoms with E-state index >= 15 is 0 Å². The van der Waals surface area contributed by atoms with E-state index < -0.39 is 0 Å². The van der Waals surface area contributed by atoms with Gasteiger partial charge in [0, 0.05) is 19.3 Å². The Hall–Kier alpha value is -1.69. The highest BCUT2D eigenvalue weighted by Crippen LogP contribution is 2.27. The maximum absolute atomic E-state index is 10.9. The first-order valence-electron chi connectivity index (χ1n) is 6.49. The topological polar surface area (TPSA) is 51.0 Å². The van der Waals surface area contributed by atoms with Crippen molar-refractivity contribution < 1.29 is 4.79 Å². The van der Waals surface area contributed by atoms with E-state index in [4.69, 9.17) is 0 Å². The Morgan fingerprint density at radius 1 is 1.32 bits per heavy atom. The first kappa shape index (κ1) is 12.3. The summed E-state index contributed by atoms with van der Waals surface area (Å²) >= 11 is 1.54. The second-order valence-electron chi connectivity index (χ2n) is 4.96. The maximum Gasteiger partial charge on any atom is 0.218 e. The Morgan fingerprint density at radius 3 is 2.79 bits per heavy atom. The van der Waals surface area contributed by atoms with Gasteiger partial charge in [-0.15, -0.1) is 10.2 Å². The van der Waals surface area contributed by atoms with E-state index in [1.54, 1.807) is 10.6 Å². The van der Waals surface area contributed by atoms with Crippen LogP contribution in [-0.4, -0.2) is 34.1 Å². The van der Waals surface area contributed by atoms with Crippen molar-refractivity contribution in [1.82, 2.24) is 14.8 Å². The minimum Gasteiger partial charge on any atom is -0.347 e. The Kier molecular flexibility index (Phi) is 3.33. The molecule has 1 fully saturated rings. The zero-order valence-electron chi connectivity index (χ0n) is 10.8. The van der Waals surface area contributed by atoms with Gasteiger partial charge in [-0.05, 0) is 30.9 Å². The largest absolute Gasteiger partial charge is 0.347 e. The summed E-state index contributed by atoms with van der Waals surface area (Å²) in [5.74, 6) is 0.801. The van der Waals surface area contributed by atoms with Gasteiger partial charge >= 0.3 is 0 Å². The van der Waals surface area contributed by atoms with Crippen molar-refractivity contribution in [2.24, 2.45) is 5.92 Å². The molecule has 0 aromatic carbocycles. The van der Waals surface area contributed by atoms with Crippen LogP contribution in [-0.2, 0) is 0 Å². The average Bonchev–Trinajstić information content (AvgIpc) is 3.07. The minimum atomic E-state index is 0.606. The van der Waals surface area contributed by atoms with Gasteiger partial charge in [-0.25, -0.2) is 0 Å². The van der Waals surface area contributed by atoms with Gasteiger partial charge in [0.15, 0.2) is 6.29 Å². The summed E-state index contributed by atoms with van der Waals surface area (Å²) in [6, 6.07) is 3.62. The SMILES string of the molecule is CC1CCN(c2nnc(-n3cccc3C=O)s2)CC1. The van der Waals surface area contributed by atoms with Gasteiger partial charge in [0.2, 0.25) is 10.3 Å². The highest BCUT2D eigenvalue weighted by Gasteiger charge is 2.19. The number of hydrogen-bond acceptors (Lipinski definition) is 5. The molecule has 1 aliphatic heterocycles. The van der Waals surface area contributed by atoms with E-state index in [1.807, 2.05) is 12.3 Å². The fourth-order valence-electron chi connectivity index (χ4n) is 2.30. The Morgan fingerprint density at radius 2 is 2.05 bits per heavy atom. The molecule has 3 rings (SSSR count). The summed E-state index contributed by atoms with van der Waals surface area (Å²) in [6.45, 7) is 4.38. The lowest BCUT2D eigenvalue weighted by molar-refractivity contribution is 0.111. The molecule has 0 amide bonds. The first-order chi connectivity index (χ1) is 9.28. The minimum absolute atomic E-state index is 0.606. The molecule has 0 saturated carbocycles. The van der Waals surface area contributed by atoms with Crippen LogP contribution in [0.1, 0.15) is 30.3 Å². The lowest BCUT2D eigenvalue weighted by Gasteiger charge is -2.29. The van der Waals surface area contributed by atoms with Gasteiger partial charge < -0.3 is 4.90 Å². The first-order valence-corrected chi connectivity index (χ1v) is 7.31. The molecule has 3 heterocycles. The number of piperidine rings is 1. The summed E-state index contributed by atoms with van der Waals surface area (Å²) in [7, 11) is 0. The predicted octanol–water partition coefficient (Wildman–Crippen LogP) is 2.38. The van der Waals surface area contributed by atoms with Crippen molar-refractivity contribution in [2.45, 2.75) is 19.8 Å². The molecule has 100 valence electrons. The summed E-state index contributed by atoms with van der Waals surface area (Å²) in [5.41, 5.74) is 0.606.